The van der Waals surface area contributed by atoms with Gasteiger partial charge in [-0.1, -0.05) is 170 Å². The predicted octanol–water partition coefficient (Wildman–Crippen LogP) is 14.8. The second-order valence-corrected chi connectivity index (χ2v) is 18.8. The van der Waals surface area contributed by atoms with Crippen LogP contribution >= 0.6 is 0 Å². The topological polar surface area (TPSA) is 3.24 Å². The molecule has 10 rings (SSSR count). The molecule has 3 aliphatic carbocycles. The van der Waals surface area contributed by atoms with Crippen molar-refractivity contribution < 1.29 is 0 Å². The number of hydrogen-bond acceptors (Lipinski definition) is 1. The Morgan fingerprint density at radius 3 is 1.48 bits per heavy atom. The maximum Gasteiger partial charge on any atom is 0.0726 e. The van der Waals surface area contributed by atoms with Crippen molar-refractivity contribution in [2.75, 3.05) is 4.90 Å². The first kappa shape index (κ1) is 34.8. The summed E-state index contributed by atoms with van der Waals surface area (Å²) in [5, 5.41) is 0. The third-order valence-electron chi connectivity index (χ3n) is 13.5. The molecule has 0 aliphatic heterocycles. The molecule has 0 aromatic heterocycles. The van der Waals surface area contributed by atoms with E-state index in [4.69, 9.17) is 0 Å². The average Bonchev–Trinajstić information content (AvgIpc) is 3.67. The van der Waals surface area contributed by atoms with E-state index in [-0.39, 0.29) is 16.2 Å². The molecule has 3 aliphatic rings. The fourth-order valence-electron chi connectivity index (χ4n) is 10.4. The Bertz CT molecular complexity index is 2620. The van der Waals surface area contributed by atoms with Crippen LogP contribution in [0.4, 0.5) is 17.1 Å². The molecule has 1 heteroatoms. The maximum atomic E-state index is 2.57. The Morgan fingerprint density at radius 1 is 0.411 bits per heavy atom. The largest absolute Gasteiger partial charge is 0.310 e. The lowest BCUT2D eigenvalue weighted by molar-refractivity contribution is 0.332. The van der Waals surface area contributed by atoms with Gasteiger partial charge < -0.3 is 4.90 Å². The number of nitrogens with zero attached hydrogens (tertiary/aromatic N) is 1. The van der Waals surface area contributed by atoms with Crippen molar-refractivity contribution in [1.82, 2.24) is 0 Å². The van der Waals surface area contributed by atoms with E-state index in [1.54, 1.807) is 0 Å². The molecule has 0 saturated carbocycles. The minimum atomic E-state index is -0.438. The summed E-state index contributed by atoms with van der Waals surface area (Å²) in [6.07, 6.45) is 2.38. The summed E-state index contributed by atoms with van der Waals surface area (Å²) in [4.78, 5) is 2.51. The molecule has 0 fully saturated rings. The highest BCUT2D eigenvalue weighted by Gasteiger charge is 2.52. The number of anilines is 3. The Labute approximate surface area is 333 Å². The lowest BCUT2D eigenvalue weighted by Gasteiger charge is -2.42. The molecule has 0 atom stereocenters. The van der Waals surface area contributed by atoms with Gasteiger partial charge in [0.05, 0.1) is 11.1 Å². The first-order valence-corrected chi connectivity index (χ1v) is 20.5. The van der Waals surface area contributed by atoms with Crippen LogP contribution in [0.2, 0.25) is 0 Å². The monoisotopic (exact) mass is 725 g/mol. The Hall–Kier alpha value is -5.66. The van der Waals surface area contributed by atoms with Gasteiger partial charge >= 0.3 is 0 Å². The quantitative estimate of drug-likeness (QED) is 0.175. The first-order chi connectivity index (χ1) is 26.9. The van der Waals surface area contributed by atoms with Crippen LogP contribution in [0.3, 0.4) is 0 Å². The van der Waals surface area contributed by atoms with Crippen molar-refractivity contribution in [2.24, 2.45) is 0 Å². The van der Waals surface area contributed by atoms with Gasteiger partial charge in [0.2, 0.25) is 0 Å². The SMILES string of the molecule is CC(C)(C)c1ccc(N(c2ccccc2)c2cc3c(cc2-c2ccc4c(c2)C(C)(C)CCC4(C)C)-c2ccccc2C32c3ccccc3-c3ccccc32)cc1. The molecular weight excluding hydrogens is 675 g/mol. The number of hydrogen-bond donors (Lipinski definition) is 0. The number of fused-ring (bicyclic) bond motifs is 11. The van der Waals surface area contributed by atoms with Crippen LogP contribution in [0.25, 0.3) is 33.4 Å². The molecular formula is C55H51N. The van der Waals surface area contributed by atoms with Crippen LogP contribution in [0, 0.1) is 0 Å². The lowest BCUT2D eigenvalue weighted by atomic mass is 9.63. The van der Waals surface area contributed by atoms with E-state index < -0.39 is 5.41 Å². The van der Waals surface area contributed by atoms with E-state index in [1.165, 1.54) is 90.9 Å². The zero-order valence-corrected chi connectivity index (χ0v) is 33.9. The third kappa shape index (κ3) is 4.99. The summed E-state index contributed by atoms with van der Waals surface area (Å²) in [5.41, 5.74) is 20.9. The van der Waals surface area contributed by atoms with Gasteiger partial charge in [0.15, 0.2) is 0 Å². The van der Waals surface area contributed by atoms with Crippen molar-refractivity contribution in [3.63, 3.8) is 0 Å². The van der Waals surface area contributed by atoms with E-state index in [2.05, 4.69) is 211 Å². The van der Waals surface area contributed by atoms with Crippen LogP contribution in [-0.2, 0) is 21.7 Å². The van der Waals surface area contributed by atoms with Crippen LogP contribution in [0.15, 0.2) is 158 Å². The van der Waals surface area contributed by atoms with Gasteiger partial charge in [0.1, 0.15) is 0 Å². The van der Waals surface area contributed by atoms with Gasteiger partial charge in [-0.15, -0.1) is 0 Å². The number of rotatable bonds is 4. The molecule has 7 aromatic rings. The minimum absolute atomic E-state index is 0.0555. The second-order valence-electron chi connectivity index (χ2n) is 18.8. The van der Waals surface area contributed by atoms with E-state index in [1.807, 2.05) is 0 Å². The van der Waals surface area contributed by atoms with Crippen molar-refractivity contribution in [2.45, 2.75) is 83.0 Å². The predicted molar refractivity (Wildman–Crippen MR) is 237 cm³/mol. The van der Waals surface area contributed by atoms with Crippen molar-refractivity contribution in [3.8, 4) is 33.4 Å². The van der Waals surface area contributed by atoms with E-state index in [0.29, 0.717) is 0 Å². The normalized spacial score (nSPS) is 16.4. The second kappa shape index (κ2) is 12.2. The fraction of sp³-hybridized carbons (Fsp3) is 0.236. The molecule has 0 N–H and O–H groups in total. The number of benzene rings is 7. The van der Waals surface area contributed by atoms with Crippen LogP contribution in [0.5, 0.6) is 0 Å². The van der Waals surface area contributed by atoms with Crippen molar-refractivity contribution in [1.29, 1.82) is 0 Å². The Kier molecular flexibility index (Phi) is 7.56. The highest BCUT2D eigenvalue weighted by Crippen LogP contribution is 2.64. The number of para-hydroxylation sites is 1. The first-order valence-electron chi connectivity index (χ1n) is 20.5. The Balaban J connectivity index is 1.33. The molecule has 0 amide bonds. The zero-order chi connectivity index (χ0) is 38.6. The molecule has 0 radical (unpaired) electrons. The summed E-state index contributed by atoms with van der Waals surface area (Å²) in [5.74, 6) is 0. The fourth-order valence-corrected chi connectivity index (χ4v) is 10.4. The molecule has 1 nitrogen and oxygen atoms in total. The maximum absolute atomic E-state index is 2.57. The van der Waals surface area contributed by atoms with Crippen LogP contribution in [-0.4, -0.2) is 0 Å². The highest BCUT2D eigenvalue weighted by molar-refractivity contribution is 6.00. The molecule has 276 valence electrons. The minimum Gasteiger partial charge on any atom is -0.310 e. The van der Waals surface area contributed by atoms with Gasteiger partial charge in [-0.3, -0.25) is 0 Å². The summed E-state index contributed by atoms with van der Waals surface area (Å²) < 4.78 is 0. The van der Waals surface area contributed by atoms with Gasteiger partial charge in [0, 0.05) is 16.9 Å². The smallest absolute Gasteiger partial charge is 0.0726 e. The van der Waals surface area contributed by atoms with E-state index in [0.717, 1.165) is 11.4 Å². The third-order valence-corrected chi connectivity index (χ3v) is 13.5. The van der Waals surface area contributed by atoms with Gasteiger partial charge in [-0.2, -0.15) is 0 Å². The van der Waals surface area contributed by atoms with E-state index in [9.17, 15) is 0 Å². The highest BCUT2D eigenvalue weighted by atomic mass is 15.1. The molecule has 1 spiro atoms. The summed E-state index contributed by atoms with van der Waals surface area (Å²) in [7, 11) is 0. The summed E-state index contributed by atoms with van der Waals surface area (Å²) in [6.45, 7) is 16.6. The Morgan fingerprint density at radius 2 is 0.911 bits per heavy atom. The molecule has 0 heterocycles. The zero-order valence-electron chi connectivity index (χ0n) is 33.9. The summed E-state index contributed by atoms with van der Waals surface area (Å²) in [6, 6.07) is 60.3. The van der Waals surface area contributed by atoms with Gasteiger partial charge in [0.25, 0.3) is 0 Å². The molecule has 7 aromatic carbocycles. The lowest BCUT2D eigenvalue weighted by Crippen LogP contribution is -2.33. The molecule has 56 heavy (non-hydrogen) atoms. The molecule has 0 bridgehead atoms. The van der Waals surface area contributed by atoms with Crippen molar-refractivity contribution >= 4 is 17.1 Å². The molecule has 0 saturated heterocycles. The van der Waals surface area contributed by atoms with Crippen LogP contribution in [0.1, 0.15) is 100 Å². The van der Waals surface area contributed by atoms with E-state index >= 15 is 0 Å². The average molecular weight is 726 g/mol. The standard InChI is InChI=1S/C55H51N/c1-52(2,3)37-26-28-39(29-27-37)56(38-17-9-8-10-18-38)51-35-49-44(34-43(51)36-25-30-48-50(33-36)54(6,7)32-31-53(48,4)5)42-21-13-16-24-47(42)55(49)45-22-14-11-19-40(45)41-20-12-15-23-46(41)55/h8-30,33-35H,31-32H2,1-7H3. The van der Waals surface area contributed by atoms with Gasteiger partial charge in [-0.05, 0) is 132 Å². The summed E-state index contributed by atoms with van der Waals surface area (Å²) >= 11 is 0. The van der Waals surface area contributed by atoms with Gasteiger partial charge in [-0.25, -0.2) is 0 Å². The van der Waals surface area contributed by atoms with Crippen LogP contribution < -0.4 is 4.90 Å². The van der Waals surface area contributed by atoms with Crippen molar-refractivity contribution in [3.05, 3.63) is 197 Å². The molecule has 0 unspecified atom stereocenters.